The highest BCUT2D eigenvalue weighted by Crippen LogP contribution is 2.25. The summed E-state index contributed by atoms with van der Waals surface area (Å²) >= 11 is 3.13. The zero-order valence-electron chi connectivity index (χ0n) is 9.72. The van der Waals surface area contributed by atoms with Crippen LogP contribution in [-0.2, 0) is 6.54 Å². The molecule has 0 aliphatic heterocycles. The Hall–Kier alpha value is -2.02. The lowest BCUT2D eigenvalue weighted by Gasteiger charge is -2.05. The van der Waals surface area contributed by atoms with E-state index in [0.717, 1.165) is 5.69 Å². The molecule has 0 amide bonds. The minimum Gasteiger partial charge on any atom is -0.369 e. The Morgan fingerprint density at radius 3 is 2.95 bits per heavy atom. The van der Waals surface area contributed by atoms with Crippen LogP contribution < -0.4 is 5.73 Å². The standard InChI is InChI=1S/C12H9BrFN5/c13-8-4-10-11(5-9(8)14)19(12(15)17-10)6-7-2-1-3-16-18-7/h1-5H,6H2,(H2,15,17). The van der Waals surface area contributed by atoms with E-state index >= 15 is 0 Å². The van der Waals surface area contributed by atoms with Gasteiger partial charge in [-0.15, -0.1) is 0 Å². The van der Waals surface area contributed by atoms with E-state index in [2.05, 4.69) is 31.1 Å². The Morgan fingerprint density at radius 1 is 1.37 bits per heavy atom. The van der Waals surface area contributed by atoms with Crippen LogP contribution in [0.15, 0.2) is 34.9 Å². The van der Waals surface area contributed by atoms with Gasteiger partial charge in [0.15, 0.2) is 0 Å². The Kier molecular flexibility index (Phi) is 2.90. The van der Waals surface area contributed by atoms with Gasteiger partial charge in [-0.25, -0.2) is 9.37 Å². The molecule has 0 saturated carbocycles. The van der Waals surface area contributed by atoms with Crippen molar-refractivity contribution in [1.29, 1.82) is 0 Å². The van der Waals surface area contributed by atoms with Crippen molar-refractivity contribution in [3.8, 4) is 0 Å². The van der Waals surface area contributed by atoms with E-state index in [1.165, 1.54) is 6.07 Å². The average molecular weight is 322 g/mol. The van der Waals surface area contributed by atoms with Gasteiger partial charge in [0.25, 0.3) is 0 Å². The number of hydrogen-bond donors (Lipinski definition) is 1. The highest BCUT2D eigenvalue weighted by atomic mass is 79.9. The maximum absolute atomic E-state index is 13.6. The first kappa shape index (κ1) is 12.0. The number of hydrogen-bond acceptors (Lipinski definition) is 4. The Labute approximate surface area is 116 Å². The molecule has 5 nitrogen and oxygen atoms in total. The Morgan fingerprint density at radius 2 is 2.21 bits per heavy atom. The summed E-state index contributed by atoms with van der Waals surface area (Å²) in [7, 11) is 0. The molecule has 0 aliphatic carbocycles. The monoisotopic (exact) mass is 321 g/mol. The largest absolute Gasteiger partial charge is 0.369 e. The van der Waals surface area contributed by atoms with Gasteiger partial charge < -0.3 is 10.3 Å². The van der Waals surface area contributed by atoms with Gasteiger partial charge >= 0.3 is 0 Å². The summed E-state index contributed by atoms with van der Waals surface area (Å²) in [5.41, 5.74) is 7.86. The summed E-state index contributed by atoms with van der Waals surface area (Å²) in [5.74, 6) is -0.0362. The fraction of sp³-hybridized carbons (Fsp3) is 0.0833. The topological polar surface area (TPSA) is 69.6 Å². The number of aromatic nitrogens is 4. The van der Waals surface area contributed by atoms with Crippen molar-refractivity contribution in [1.82, 2.24) is 19.7 Å². The first-order valence-electron chi connectivity index (χ1n) is 5.52. The van der Waals surface area contributed by atoms with Crippen LogP contribution in [0.4, 0.5) is 10.3 Å². The molecule has 7 heteroatoms. The number of benzene rings is 1. The molecule has 0 saturated heterocycles. The molecule has 2 N–H and O–H groups in total. The van der Waals surface area contributed by atoms with Crippen molar-refractivity contribution < 1.29 is 4.39 Å². The molecule has 2 heterocycles. The van der Waals surface area contributed by atoms with Gasteiger partial charge in [0.05, 0.1) is 27.7 Å². The number of nitrogens with zero attached hydrogens (tertiary/aromatic N) is 4. The minimum atomic E-state index is -0.354. The predicted octanol–water partition coefficient (Wildman–Crippen LogP) is 2.36. The molecule has 3 rings (SSSR count). The second kappa shape index (κ2) is 4.58. The SMILES string of the molecule is Nc1nc2cc(Br)c(F)cc2n1Cc1cccnn1. The molecule has 0 radical (unpaired) electrons. The third-order valence-corrected chi connectivity index (χ3v) is 3.38. The van der Waals surface area contributed by atoms with Gasteiger partial charge in [0.2, 0.25) is 5.95 Å². The maximum Gasteiger partial charge on any atom is 0.201 e. The molecule has 0 unspecified atom stereocenters. The van der Waals surface area contributed by atoms with Crippen LogP contribution in [-0.4, -0.2) is 19.7 Å². The van der Waals surface area contributed by atoms with Crippen molar-refractivity contribution in [2.45, 2.75) is 6.54 Å². The number of halogens is 2. The summed E-state index contributed by atoms with van der Waals surface area (Å²) in [5, 5.41) is 7.78. The fourth-order valence-corrected chi connectivity index (χ4v) is 2.22. The molecule has 19 heavy (non-hydrogen) atoms. The molecule has 0 spiro atoms. The van der Waals surface area contributed by atoms with Crippen LogP contribution in [0, 0.1) is 5.82 Å². The second-order valence-corrected chi connectivity index (χ2v) is 4.88. The van der Waals surface area contributed by atoms with Gasteiger partial charge in [-0.3, -0.25) is 0 Å². The molecule has 2 aromatic heterocycles. The molecule has 0 fully saturated rings. The summed E-state index contributed by atoms with van der Waals surface area (Å²) in [4.78, 5) is 4.21. The van der Waals surface area contributed by atoms with E-state index in [-0.39, 0.29) is 5.82 Å². The first-order chi connectivity index (χ1) is 9.15. The van der Waals surface area contributed by atoms with E-state index in [1.807, 2.05) is 6.07 Å². The lowest BCUT2D eigenvalue weighted by atomic mass is 10.3. The van der Waals surface area contributed by atoms with E-state index in [1.54, 1.807) is 22.9 Å². The summed E-state index contributed by atoms with van der Waals surface area (Å²) < 4.78 is 15.7. The minimum absolute atomic E-state index is 0.318. The van der Waals surface area contributed by atoms with Gasteiger partial charge in [-0.1, -0.05) is 0 Å². The number of anilines is 1. The number of fused-ring (bicyclic) bond motifs is 1. The third kappa shape index (κ3) is 2.17. The first-order valence-corrected chi connectivity index (χ1v) is 6.32. The molecule has 1 aromatic carbocycles. The normalized spacial score (nSPS) is 11.1. The van der Waals surface area contributed by atoms with Crippen molar-refractivity contribution in [3.05, 3.63) is 46.4 Å². The van der Waals surface area contributed by atoms with Crippen molar-refractivity contribution >= 4 is 32.9 Å². The van der Waals surface area contributed by atoms with Crippen LogP contribution in [0.5, 0.6) is 0 Å². The maximum atomic E-state index is 13.6. The lowest BCUT2D eigenvalue weighted by Crippen LogP contribution is -2.06. The molecule has 3 aromatic rings. The quantitative estimate of drug-likeness (QED) is 0.786. The number of rotatable bonds is 2. The molecule has 0 aliphatic rings. The van der Waals surface area contributed by atoms with Gasteiger partial charge in [-0.2, -0.15) is 10.2 Å². The predicted molar refractivity (Wildman–Crippen MR) is 72.9 cm³/mol. The third-order valence-electron chi connectivity index (χ3n) is 2.77. The van der Waals surface area contributed by atoms with Crippen LogP contribution in [0.2, 0.25) is 0 Å². The fourth-order valence-electron chi connectivity index (χ4n) is 1.88. The summed E-state index contributed by atoms with van der Waals surface area (Å²) in [6, 6.07) is 6.62. The zero-order chi connectivity index (χ0) is 13.4. The number of nitrogen functional groups attached to an aromatic ring is 1. The number of imidazole rings is 1. The number of nitrogens with two attached hydrogens (primary N) is 1. The van der Waals surface area contributed by atoms with Crippen LogP contribution >= 0.6 is 15.9 Å². The van der Waals surface area contributed by atoms with Crippen LogP contribution in [0.25, 0.3) is 11.0 Å². The van der Waals surface area contributed by atoms with Gasteiger partial charge in [0.1, 0.15) is 5.82 Å². The Bertz CT molecular complexity index is 741. The highest BCUT2D eigenvalue weighted by Gasteiger charge is 2.12. The highest BCUT2D eigenvalue weighted by molar-refractivity contribution is 9.10. The zero-order valence-corrected chi connectivity index (χ0v) is 11.3. The van der Waals surface area contributed by atoms with E-state index in [9.17, 15) is 4.39 Å². The molecular weight excluding hydrogens is 313 g/mol. The van der Waals surface area contributed by atoms with Gasteiger partial charge in [0, 0.05) is 12.3 Å². The lowest BCUT2D eigenvalue weighted by molar-refractivity contribution is 0.622. The molecular formula is C12H9BrFN5. The Balaban J connectivity index is 2.13. The van der Waals surface area contributed by atoms with Crippen molar-refractivity contribution in [3.63, 3.8) is 0 Å². The van der Waals surface area contributed by atoms with Gasteiger partial charge in [-0.05, 0) is 34.1 Å². The molecule has 0 atom stereocenters. The average Bonchev–Trinajstić information content (AvgIpc) is 2.68. The van der Waals surface area contributed by atoms with E-state index in [0.29, 0.717) is 28.0 Å². The molecule has 96 valence electrons. The molecule has 0 bridgehead atoms. The smallest absolute Gasteiger partial charge is 0.201 e. The van der Waals surface area contributed by atoms with Crippen LogP contribution in [0.3, 0.4) is 0 Å². The van der Waals surface area contributed by atoms with Crippen molar-refractivity contribution in [2.24, 2.45) is 0 Å². The summed E-state index contributed by atoms with van der Waals surface area (Å²) in [6.45, 7) is 0.400. The van der Waals surface area contributed by atoms with Crippen LogP contribution in [0.1, 0.15) is 5.69 Å². The van der Waals surface area contributed by atoms with Crippen molar-refractivity contribution in [2.75, 3.05) is 5.73 Å². The van der Waals surface area contributed by atoms with E-state index in [4.69, 9.17) is 5.73 Å². The van der Waals surface area contributed by atoms with E-state index < -0.39 is 0 Å². The summed E-state index contributed by atoms with van der Waals surface area (Å²) in [6.07, 6.45) is 1.59. The second-order valence-electron chi connectivity index (χ2n) is 4.03.